The van der Waals surface area contributed by atoms with Crippen LogP contribution in [0.5, 0.6) is 0 Å². The van der Waals surface area contributed by atoms with Crippen molar-refractivity contribution in [2.45, 2.75) is 6.54 Å². The lowest BCUT2D eigenvalue weighted by Crippen LogP contribution is -2.01. The Bertz CT molecular complexity index is 724. The van der Waals surface area contributed by atoms with Crippen LogP contribution in [0.15, 0.2) is 42.5 Å². The van der Waals surface area contributed by atoms with E-state index >= 15 is 0 Å². The summed E-state index contributed by atoms with van der Waals surface area (Å²) in [4.78, 5) is 4.20. The molecule has 1 heterocycles. The number of hydrogen-bond donors (Lipinski definition) is 2. The van der Waals surface area contributed by atoms with E-state index in [9.17, 15) is 4.39 Å². The van der Waals surface area contributed by atoms with Crippen molar-refractivity contribution in [1.82, 2.24) is 4.98 Å². The van der Waals surface area contributed by atoms with Gasteiger partial charge in [0.15, 0.2) is 5.13 Å². The number of nitrogens with two attached hydrogens (primary N) is 1. The Morgan fingerprint density at radius 3 is 2.89 bits per heavy atom. The predicted octanol–water partition coefficient (Wildman–Crippen LogP) is 3.63. The molecule has 1 aromatic heterocycles. The van der Waals surface area contributed by atoms with Gasteiger partial charge in [0.25, 0.3) is 0 Å². The van der Waals surface area contributed by atoms with Crippen molar-refractivity contribution in [3.8, 4) is 0 Å². The first-order valence-corrected chi connectivity index (χ1v) is 6.67. The van der Waals surface area contributed by atoms with Crippen LogP contribution in [0.25, 0.3) is 10.2 Å². The molecule has 19 heavy (non-hydrogen) atoms. The van der Waals surface area contributed by atoms with Gasteiger partial charge >= 0.3 is 0 Å². The summed E-state index contributed by atoms with van der Waals surface area (Å²) in [6, 6.07) is 12.5. The summed E-state index contributed by atoms with van der Waals surface area (Å²) in [5.41, 5.74) is 8.13. The fourth-order valence-corrected chi connectivity index (χ4v) is 2.66. The Labute approximate surface area is 113 Å². The maximum Gasteiger partial charge on any atom is 0.181 e. The number of anilines is 2. The first-order valence-electron chi connectivity index (χ1n) is 5.86. The van der Waals surface area contributed by atoms with Crippen LogP contribution in [-0.4, -0.2) is 4.98 Å². The maximum atomic E-state index is 13.5. The fourth-order valence-electron chi connectivity index (χ4n) is 1.89. The number of halogens is 1. The van der Waals surface area contributed by atoms with E-state index in [0.29, 0.717) is 17.2 Å². The molecule has 0 unspecified atom stereocenters. The molecule has 0 spiro atoms. The molecule has 0 radical (unpaired) electrons. The molecule has 0 bridgehead atoms. The van der Waals surface area contributed by atoms with E-state index in [4.69, 9.17) is 5.73 Å². The van der Waals surface area contributed by atoms with Gasteiger partial charge in [0.2, 0.25) is 0 Å². The van der Waals surface area contributed by atoms with Gasteiger partial charge in [-0.15, -0.1) is 0 Å². The molecule has 5 heteroatoms. The summed E-state index contributed by atoms with van der Waals surface area (Å²) in [7, 11) is 0. The second-order valence-electron chi connectivity index (χ2n) is 4.18. The van der Waals surface area contributed by atoms with Crippen LogP contribution in [0.4, 0.5) is 15.2 Å². The number of nitrogens with one attached hydrogen (secondary N) is 1. The maximum absolute atomic E-state index is 13.5. The van der Waals surface area contributed by atoms with Crippen molar-refractivity contribution < 1.29 is 4.39 Å². The van der Waals surface area contributed by atoms with Crippen molar-refractivity contribution in [3.63, 3.8) is 0 Å². The summed E-state index contributed by atoms with van der Waals surface area (Å²) < 4.78 is 14.5. The SMILES string of the molecule is Nc1nc2ccc(NCc3ccccc3F)cc2s1. The highest BCUT2D eigenvalue weighted by Crippen LogP contribution is 2.26. The second-order valence-corrected chi connectivity index (χ2v) is 5.24. The van der Waals surface area contributed by atoms with Crippen LogP contribution >= 0.6 is 11.3 Å². The second kappa shape index (κ2) is 4.85. The first kappa shape index (κ1) is 11.9. The average molecular weight is 273 g/mol. The Morgan fingerprint density at radius 1 is 1.21 bits per heavy atom. The molecule has 0 saturated carbocycles. The van der Waals surface area contributed by atoms with E-state index in [1.165, 1.54) is 17.4 Å². The zero-order valence-electron chi connectivity index (χ0n) is 10.1. The van der Waals surface area contributed by atoms with Crippen LogP contribution in [-0.2, 0) is 6.54 Å². The Balaban J connectivity index is 1.80. The number of rotatable bonds is 3. The van der Waals surface area contributed by atoms with Gasteiger partial charge < -0.3 is 11.1 Å². The molecule has 0 fully saturated rings. The highest BCUT2D eigenvalue weighted by Gasteiger charge is 2.03. The topological polar surface area (TPSA) is 50.9 Å². The first-order chi connectivity index (χ1) is 9.22. The van der Waals surface area contributed by atoms with Gasteiger partial charge in [0.1, 0.15) is 5.82 Å². The molecule has 3 N–H and O–H groups in total. The predicted molar refractivity (Wildman–Crippen MR) is 77.8 cm³/mol. The molecule has 0 saturated heterocycles. The number of nitrogens with zero attached hydrogens (tertiary/aromatic N) is 1. The zero-order chi connectivity index (χ0) is 13.2. The molecule has 0 aliphatic heterocycles. The summed E-state index contributed by atoms with van der Waals surface area (Å²) in [5, 5.41) is 3.76. The van der Waals surface area contributed by atoms with Crippen molar-refractivity contribution >= 4 is 32.4 Å². The van der Waals surface area contributed by atoms with E-state index in [1.54, 1.807) is 12.1 Å². The van der Waals surface area contributed by atoms with Crippen molar-refractivity contribution in [2.24, 2.45) is 0 Å². The van der Waals surface area contributed by atoms with E-state index in [0.717, 1.165) is 15.9 Å². The average Bonchev–Trinajstić information content (AvgIpc) is 2.77. The Morgan fingerprint density at radius 2 is 2.05 bits per heavy atom. The molecule has 0 atom stereocenters. The van der Waals surface area contributed by atoms with E-state index in [-0.39, 0.29) is 5.82 Å². The van der Waals surface area contributed by atoms with Crippen LogP contribution in [0.2, 0.25) is 0 Å². The smallest absolute Gasteiger partial charge is 0.181 e. The standard InChI is InChI=1S/C14H12FN3S/c15-11-4-2-1-3-9(11)8-17-10-5-6-12-13(7-10)19-14(16)18-12/h1-7,17H,8H2,(H2,16,18). The van der Waals surface area contributed by atoms with Crippen LogP contribution in [0, 0.1) is 5.82 Å². The van der Waals surface area contributed by atoms with Crippen molar-refractivity contribution in [2.75, 3.05) is 11.1 Å². The van der Waals surface area contributed by atoms with Crippen molar-refractivity contribution in [1.29, 1.82) is 0 Å². The number of nitrogen functional groups attached to an aromatic ring is 1. The molecule has 2 aromatic carbocycles. The molecule has 96 valence electrons. The number of aromatic nitrogens is 1. The minimum absolute atomic E-state index is 0.196. The normalized spacial score (nSPS) is 10.8. The molecule has 0 amide bonds. The van der Waals surface area contributed by atoms with Crippen LogP contribution in [0.3, 0.4) is 0 Å². The minimum atomic E-state index is -0.196. The number of hydrogen-bond acceptors (Lipinski definition) is 4. The largest absolute Gasteiger partial charge is 0.381 e. The van der Waals surface area contributed by atoms with E-state index in [1.807, 2.05) is 24.3 Å². The third-order valence-corrected chi connectivity index (χ3v) is 3.69. The zero-order valence-corrected chi connectivity index (χ0v) is 10.9. The Hall–Kier alpha value is -2.14. The van der Waals surface area contributed by atoms with Crippen LogP contribution < -0.4 is 11.1 Å². The monoisotopic (exact) mass is 273 g/mol. The van der Waals surface area contributed by atoms with E-state index in [2.05, 4.69) is 10.3 Å². The lowest BCUT2D eigenvalue weighted by Gasteiger charge is -2.07. The molecule has 3 nitrogen and oxygen atoms in total. The summed E-state index contributed by atoms with van der Waals surface area (Å²) in [6.07, 6.45) is 0. The highest BCUT2D eigenvalue weighted by molar-refractivity contribution is 7.22. The van der Waals surface area contributed by atoms with Gasteiger partial charge in [-0.25, -0.2) is 9.37 Å². The highest BCUT2D eigenvalue weighted by atomic mass is 32.1. The molecular formula is C14H12FN3S. The van der Waals surface area contributed by atoms with Gasteiger partial charge in [0.05, 0.1) is 10.2 Å². The van der Waals surface area contributed by atoms with Gasteiger partial charge in [0, 0.05) is 17.8 Å². The lowest BCUT2D eigenvalue weighted by atomic mass is 10.2. The fraction of sp³-hybridized carbons (Fsp3) is 0.0714. The summed E-state index contributed by atoms with van der Waals surface area (Å²) in [6.45, 7) is 0.451. The quantitative estimate of drug-likeness (QED) is 0.766. The van der Waals surface area contributed by atoms with Crippen LogP contribution in [0.1, 0.15) is 5.56 Å². The number of benzene rings is 2. The van der Waals surface area contributed by atoms with Crippen molar-refractivity contribution in [3.05, 3.63) is 53.8 Å². The van der Waals surface area contributed by atoms with Gasteiger partial charge in [-0.3, -0.25) is 0 Å². The summed E-state index contributed by atoms with van der Waals surface area (Å²) >= 11 is 1.44. The number of fused-ring (bicyclic) bond motifs is 1. The van der Waals surface area contributed by atoms with Gasteiger partial charge in [-0.1, -0.05) is 29.5 Å². The summed E-state index contributed by atoms with van der Waals surface area (Å²) in [5.74, 6) is -0.196. The molecular weight excluding hydrogens is 261 g/mol. The minimum Gasteiger partial charge on any atom is -0.381 e. The third-order valence-electron chi connectivity index (χ3n) is 2.85. The lowest BCUT2D eigenvalue weighted by molar-refractivity contribution is 0.613. The molecule has 3 aromatic rings. The Kier molecular flexibility index (Phi) is 3.05. The number of thiazole rings is 1. The van der Waals surface area contributed by atoms with E-state index < -0.39 is 0 Å². The van der Waals surface area contributed by atoms with Gasteiger partial charge in [-0.05, 0) is 24.3 Å². The third kappa shape index (κ3) is 2.51. The van der Waals surface area contributed by atoms with Gasteiger partial charge in [-0.2, -0.15) is 0 Å². The molecule has 0 aliphatic rings. The molecule has 3 rings (SSSR count). The molecule has 0 aliphatic carbocycles.